The van der Waals surface area contributed by atoms with Crippen LogP contribution >= 0.6 is 0 Å². The van der Waals surface area contributed by atoms with Gasteiger partial charge in [-0.15, -0.1) is 0 Å². The van der Waals surface area contributed by atoms with Crippen molar-refractivity contribution in [2.45, 2.75) is 19.3 Å². The van der Waals surface area contributed by atoms with Crippen molar-refractivity contribution in [1.82, 2.24) is 20.2 Å². The lowest BCUT2D eigenvalue weighted by Crippen LogP contribution is -2.46. The Balaban J connectivity index is 1.64. The molecule has 1 atom stereocenters. The van der Waals surface area contributed by atoms with Crippen LogP contribution in [0.4, 0.5) is 5.82 Å². The van der Waals surface area contributed by atoms with Gasteiger partial charge in [0, 0.05) is 51.5 Å². The molecule has 0 spiro atoms. The molecule has 2 aliphatic heterocycles. The van der Waals surface area contributed by atoms with E-state index < -0.39 is 0 Å². The summed E-state index contributed by atoms with van der Waals surface area (Å²) in [5, 5.41) is 2.81. The lowest BCUT2D eigenvalue weighted by Gasteiger charge is -2.35. The van der Waals surface area contributed by atoms with Crippen molar-refractivity contribution in [2.24, 2.45) is 5.92 Å². The van der Waals surface area contributed by atoms with Crippen molar-refractivity contribution in [3.8, 4) is 0 Å². The highest BCUT2D eigenvalue weighted by Crippen LogP contribution is 2.22. The minimum absolute atomic E-state index is 0.0241. The fourth-order valence-corrected chi connectivity index (χ4v) is 3.09. The van der Waals surface area contributed by atoms with Crippen molar-refractivity contribution in [3.63, 3.8) is 0 Å². The van der Waals surface area contributed by atoms with Crippen LogP contribution in [-0.4, -0.2) is 59.4 Å². The van der Waals surface area contributed by atoms with E-state index in [-0.39, 0.29) is 17.7 Å². The second kappa shape index (κ2) is 6.72. The molecular formula is C15H21N5O2. The van der Waals surface area contributed by atoms with E-state index in [1.807, 2.05) is 4.90 Å². The molecule has 0 bridgehead atoms. The number of amides is 2. The molecule has 0 saturated carbocycles. The average molecular weight is 303 g/mol. The Labute approximate surface area is 129 Å². The minimum Gasteiger partial charge on any atom is -0.355 e. The van der Waals surface area contributed by atoms with E-state index in [0.717, 1.165) is 25.2 Å². The van der Waals surface area contributed by atoms with E-state index >= 15 is 0 Å². The van der Waals surface area contributed by atoms with Crippen LogP contribution in [0.15, 0.2) is 18.6 Å². The molecule has 1 aromatic heterocycles. The number of piperidine rings is 1. The number of carbonyl (C=O) groups excluding carboxylic acids is 2. The van der Waals surface area contributed by atoms with Crippen LogP contribution in [-0.2, 0) is 9.59 Å². The Kier molecular flexibility index (Phi) is 4.50. The fourth-order valence-electron chi connectivity index (χ4n) is 3.09. The molecule has 2 aliphatic rings. The van der Waals surface area contributed by atoms with Gasteiger partial charge < -0.3 is 15.1 Å². The number of aromatic nitrogens is 2. The Morgan fingerprint density at radius 3 is 3.00 bits per heavy atom. The van der Waals surface area contributed by atoms with Crippen LogP contribution in [0.3, 0.4) is 0 Å². The summed E-state index contributed by atoms with van der Waals surface area (Å²) in [5.41, 5.74) is 0. The van der Waals surface area contributed by atoms with Gasteiger partial charge in [0.05, 0.1) is 12.1 Å². The zero-order valence-electron chi connectivity index (χ0n) is 12.6. The second-order valence-corrected chi connectivity index (χ2v) is 5.77. The van der Waals surface area contributed by atoms with E-state index in [9.17, 15) is 9.59 Å². The van der Waals surface area contributed by atoms with Crippen molar-refractivity contribution >= 4 is 17.6 Å². The molecule has 7 heteroatoms. The monoisotopic (exact) mass is 303 g/mol. The smallest absolute Gasteiger partial charge is 0.227 e. The average Bonchev–Trinajstić information content (AvgIpc) is 2.80. The number of nitrogens with one attached hydrogen (secondary N) is 1. The number of nitrogens with zero attached hydrogens (tertiary/aromatic N) is 4. The summed E-state index contributed by atoms with van der Waals surface area (Å²) in [6.45, 7) is 3.25. The third-order valence-electron chi connectivity index (χ3n) is 4.27. The molecule has 2 saturated heterocycles. The summed E-state index contributed by atoms with van der Waals surface area (Å²) in [6.07, 6.45) is 7.32. The maximum atomic E-state index is 12.7. The molecule has 1 N–H and O–H groups in total. The van der Waals surface area contributed by atoms with Gasteiger partial charge in [0.25, 0.3) is 0 Å². The molecule has 22 heavy (non-hydrogen) atoms. The summed E-state index contributed by atoms with van der Waals surface area (Å²) in [4.78, 5) is 36.5. The summed E-state index contributed by atoms with van der Waals surface area (Å²) in [6, 6.07) is 0. The molecule has 1 aromatic rings. The molecule has 118 valence electrons. The number of hydrogen-bond donors (Lipinski definition) is 1. The number of hydrogen-bond acceptors (Lipinski definition) is 5. The molecule has 2 fully saturated rings. The van der Waals surface area contributed by atoms with Crippen molar-refractivity contribution in [2.75, 3.05) is 37.6 Å². The first kappa shape index (κ1) is 14.7. The van der Waals surface area contributed by atoms with Crippen LogP contribution < -0.4 is 10.2 Å². The van der Waals surface area contributed by atoms with E-state index in [1.54, 1.807) is 18.6 Å². The lowest BCUT2D eigenvalue weighted by molar-refractivity contribution is -0.135. The van der Waals surface area contributed by atoms with Gasteiger partial charge in [-0.25, -0.2) is 4.98 Å². The van der Waals surface area contributed by atoms with Gasteiger partial charge in [-0.05, 0) is 12.8 Å². The van der Waals surface area contributed by atoms with Gasteiger partial charge >= 0.3 is 0 Å². The van der Waals surface area contributed by atoms with E-state index in [2.05, 4.69) is 20.2 Å². The molecule has 3 heterocycles. The highest BCUT2D eigenvalue weighted by Gasteiger charge is 2.30. The Morgan fingerprint density at radius 2 is 2.18 bits per heavy atom. The lowest BCUT2D eigenvalue weighted by atomic mass is 9.96. The zero-order chi connectivity index (χ0) is 15.4. The molecule has 1 unspecified atom stereocenters. The molecule has 0 aromatic carbocycles. The Morgan fingerprint density at radius 1 is 1.27 bits per heavy atom. The first-order chi connectivity index (χ1) is 10.7. The van der Waals surface area contributed by atoms with E-state index in [0.29, 0.717) is 32.6 Å². The second-order valence-electron chi connectivity index (χ2n) is 5.77. The molecule has 7 nitrogen and oxygen atoms in total. The van der Waals surface area contributed by atoms with Gasteiger partial charge in [0.2, 0.25) is 11.8 Å². The first-order valence-electron chi connectivity index (χ1n) is 7.80. The van der Waals surface area contributed by atoms with Gasteiger partial charge in [-0.3, -0.25) is 14.6 Å². The quantitative estimate of drug-likeness (QED) is 0.835. The van der Waals surface area contributed by atoms with Gasteiger partial charge in [0.15, 0.2) is 0 Å². The van der Waals surface area contributed by atoms with Crippen LogP contribution in [0.25, 0.3) is 0 Å². The van der Waals surface area contributed by atoms with Crippen LogP contribution in [0.5, 0.6) is 0 Å². The SMILES string of the molecule is O=C1CCN(C(=O)C2CCCN(c3cnccn3)C2)CCN1. The van der Waals surface area contributed by atoms with E-state index in [4.69, 9.17) is 0 Å². The maximum absolute atomic E-state index is 12.7. The van der Waals surface area contributed by atoms with Crippen LogP contribution in [0, 0.1) is 5.92 Å². The predicted octanol–water partition coefficient (Wildman–Crippen LogP) is 0.0415. The van der Waals surface area contributed by atoms with Crippen LogP contribution in [0.1, 0.15) is 19.3 Å². The maximum Gasteiger partial charge on any atom is 0.227 e. The largest absolute Gasteiger partial charge is 0.355 e. The third kappa shape index (κ3) is 3.35. The van der Waals surface area contributed by atoms with Gasteiger partial charge in [-0.2, -0.15) is 0 Å². The summed E-state index contributed by atoms with van der Waals surface area (Å²) < 4.78 is 0. The van der Waals surface area contributed by atoms with Gasteiger partial charge in [-0.1, -0.05) is 0 Å². The fraction of sp³-hybridized carbons (Fsp3) is 0.600. The molecule has 0 aliphatic carbocycles. The zero-order valence-corrected chi connectivity index (χ0v) is 12.6. The number of carbonyl (C=O) groups is 2. The summed E-state index contributed by atoms with van der Waals surface area (Å²) in [7, 11) is 0. The van der Waals surface area contributed by atoms with Gasteiger partial charge in [0.1, 0.15) is 5.82 Å². The first-order valence-corrected chi connectivity index (χ1v) is 7.80. The molecule has 2 amide bonds. The molecule has 3 rings (SSSR count). The minimum atomic E-state index is -0.0241. The third-order valence-corrected chi connectivity index (χ3v) is 4.27. The predicted molar refractivity (Wildman–Crippen MR) is 81.2 cm³/mol. The van der Waals surface area contributed by atoms with Crippen LogP contribution in [0.2, 0.25) is 0 Å². The normalized spacial score (nSPS) is 22.9. The Hall–Kier alpha value is -2.18. The molecular weight excluding hydrogens is 282 g/mol. The number of anilines is 1. The van der Waals surface area contributed by atoms with Crippen molar-refractivity contribution in [3.05, 3.63) is 18.6 Å². The number of rotatable bonds is 2. The van der Waals surface area contributed by atoms with Crippen molar-refractivity contribution < 1.29 is 9.59 Å². The van der Waals surface area contributed by atoms with Crippen molar-refractivity contribution in [1.29, 1.82) is 0 Å². The topological polar surface area (TPSA) is 78.4 Å². The molecule has 0 radical (unpaired) electrons. The highest BCUT2D eigenvalue weighted by molar-refractivity contribution is 5.82. The van der Waals surface area contributed by atoms with E-state index in [1.165, 1.54) is 0 Å². The standard InChI is InChI=1S/C15H21N5O2/c21-14-3-8-19(9-6-18-14)15(22)12-2-1-7-20(11-12)13-10-16-4-5-17-13/h4-5,10,12H,1-3,6-9,11H2,(H,18,21). The highest BCUT2D eigenvalue weighted by atomic mass is 16.2. The summed E-state index contributed by atoms with van der Waals surface area (Å²) >= 11 is 0. The summed E-state index contributed by atoms with van der Waals surface area (Å²) in [5.74, 6) is 0.988. The Bertz CT molecular complexity index is 536.